The predicted octanol–water partition coefficient (Wildman–Crippen LogP) is 3.32. The molecule has 114 valence electrons. The van der Waals surface area contributed by atoms with Gasteiger partial charge in [-0.05, 0) is 25.0 Å². The zero-order valence-electron chi connectivity index (χ0n) is 12.7. The second-order valence-corrected chi connectivity index (χ2v) is 5.79. The number of nitriles is 1. The van der Waals surface area contributed by atoms with Gasteiger partial charge in [0.2, 0.25) is 0 Å². The Bertz CT molecular complexity index is 697. The standard InChI is InChI=1S/C16H18N4OS/c1-3-8-22-16-19-13(12(9-17)15(18)20-16)10-21-14-7-5-4-6-11(14)2/h4-7H,3,8,10H2,1-2H3,(H2,18,19,20). The van der Waals surface area contributed by atoms with Crippen LogP contribution in [0.5, 0.6) is 5.75 Å². The molecule has 0 unspecified atom stereocenters. The molecule has 6 heteroatoms. The van der Waals surface area contributed by atoms with E-state index in [1.54, 1.807) is 0 Å². The molecule has 0 saturated heterocycles. The quantitative estimate of drug-likeness (QED) is 0.650. The van der Waals surface area contributed by atoms with Crippen LogP contribution < -0.4 is 10.5 Å². The largest absolute Gasteiger partial charge is 0.487 e. The summed E-state index contributed by atoms with van der Waals surface area (Å²) < 4.78 is 5.77. The lowest BCUT2D eigenvalue weighted by Gasteiger charge is -2.11. The minimum atomic E-state index is 0.195. The highest BCUT2D eigenvalue weighted by atomic mass is 32.2. The van der Waals surface area contributed by atoms with E-state index in [0.717, 1.165) is 23.5 Å². The maximum atomic E-state index is 9.25. The first kappa shape index (κ1) is 16.1. The van der Waals surface area contributed by atoms with E-state index in [2.05, 4.69) is 23.0 Å². The summed E-state index contributed by atoms with van der Waals surface area (Å²) in [7, 11) is 0. The molecule has 0 amide bonds. The van der Waals surface area contributed by atoms with Crippen molar-refractivity contribution >= 4 is 17.6 Å². The number of para-hydroxylation sites is 1. The van der Waals surface area contributed by atoms with Gasteiger partial charge in [-0.3, -0.25) is 0 Å². The van der Waals surface area contributed by atoms with Crippen LogP contribution in [0, 0.1) is 18.3 Å². The van der Waals surface area contributed by atoms with Crippen molar-refractivity contribution in [2.75, 3.05) is 11.5 Å². The number of ether oxygens (including phenoxy) is 1. The molecule has 0 atom stereocenters. The van der Waals surface area contributed by atoms with E-state index < -0.39 is 0 Å². The monoisotopic (exact) mass is 314 g/mol. The summed E-state index contributed by atoms with van der Waals surface area (Å²) in [4.78, 5) is 8.58. The summed E-state index contributed by atoms with van der Waals surface area (Å²) >= 11 is 1.53. The number of nitrogens with zero attached hydrogens (tertiary/aromatic N) is 3. The first-order valence-electron chi connectivity index (χ1n) is 7.03. The molecule has 0 aliphatic heterocycles. The van der Waals surface area contributed by atoms with Crippen molar-refractivity contribution in [1.82, 2.24) is 9.97 Å². The van der Waals surface area contributed by atoms with Crippen LogP contribution in [0.4, 0.5) is 5.82 Å². The predicted molar refractivity (Wildman–Crippen MR) is 87.7 cm³/mol. The van der Waals surface area contributed by atoms with Crippen molar-refractivity contribution in [3.05, 3.63) is 41.1 Å². The number of aromatic nitrogens is 2. The van der Waals surface area contributed by atoms with E-state index in [4.69, 9.17) is 10.5 Å². The number of anilines is 1. The zero-order valence-corrected chi connectivity index (χ0v) is 13.5. The number of thioether (sulfide) groups is 1. The Kier molecular flexibility index (Phi) is 5.61. The van der Waals surface area contributed by atoms with Crippen LogP contribution in [0.1, 0.15) is 30.2 Å². The number of nitrogens with two attached hydrogens (primary N) is 1. The normalized spacial score (nSPS) is 10.2. The lowest BCUT2D eigenvalue weighted by atomic mass is 10.2. The molecule has 1 aromatic carbocycles. The Balaban J connectivity index is 2.23. The topological polar surface area (TPSA) is 84.8 Å². The van der Waals surface area contributed by atoms with Gasteiger partial charge in [-0.15, -0.1) is 0 Å². The van der Waals surface area contributed by atoms with Crippen molar-refractivity contribution in [3.63, 3.8) is 0 Å². The van der Waals surface area contributed by atoms with Gasteiger partial charge in [0.1, 0.15) is 35.5 Å². The Morgan fingerprint density at radius 3 is 2.77 bits per heavy atom. The highest BCUT2D eigenvalue weighted by molar-refractivity contribution is 7.99. The van der Waals surface area contributed by atoms with E-state index in [1.165, 1.54) is 11.8 Å². The molecule has 0 spiro atoms. The first-order chi connectivity index (χ1) is 10.7. The minimum Gasteiger partial charge on any atom is -0.487 e. The van der Waals surface area contributed by atoms with Gasteiger partial charge < -0.3 is 10.5 Å². The zero-order chi connectivity index (χ0) is 15.9. The maximum Gasteiger partial charge on any atom is 0.189 e. The fourth-order valence-corrected chi connectivity index (χ4v) is 2.58. The summed E-state index contributed by atoms with van der Waals surface area (Å²) in [5, 5.41) is 9.83. The molecule has 2 rings (SSSR count). The molecule has 0 aliphatic rings. The Morgan fingerprint density at radius 2 is 2.09 bits per heavy atom. The molecule has 0 saturated carbocycles. The van der Waals surface area contributed by atoms with Gasteiger partial charge in [0, 0.05) is 5.75 Å². The fraction of sp³-hybridized carbons (Fsp3) is 0.312. The molecule has 0 radical (unpaired) electrons. The molecule has 2 N–H and O–H groups in total. The summed E-state index contributed by atoms with van der Waals surface area (Å²) in [5.41, 5.74) is 7.70. The van der Waals surface area contributed by atoms with Gasteiger partial charge in [-0.2, -0.15) is 5.26 Å². The number of hydrogen-bond donors (Lipinski definition) is 1. The maximum absolute atomic E-state index is 9.25. The molecular weight excluding hydrogens is 296 g/mol. The Morgan fingerprint density at radius 1 is 1.32 bits per heavy atom. The number of nitrogen functional groups attached to an aromatic ring is 1. The molecule has 2 aromatic rings. The molecule has 22 heavy (non-hydrogen) atoms. The minimum absolute atomic E-state index is 0.195. The summed E-state index contributed by atoms with van der Waals surface area (Å²) in [6, 6.07) is 9.77. The number of benzene rings is 1. The number of rotatable bonds is 6. The van der Waals surface area contributed by atoms with Crippen molar-refractivity contribution in [3.8, 4) is 11.8 Å². The van der Waals surface area contributed by atoms with Gasteiger partial charge in [-0.1, -0.05) is 36.9 Å². The third-order valence-corrected chi connectivity index (χ3v) is 4.05. The first-order valence-corrected chi connectivity index (χ1v) is 8.02. The van der Waals surface area contributed by atoms with Gasteiger partial charge in [0.15, 0.2) is 5.16 Å². The number of hydrogen-bond acceptors (Lipinski definition) is 6. The van der Waals surface area contributed by atoms with E-state index in [1.807, 2.05) is 31.2 Å². The van der Waals surface area contributed by atoms with Crippen LogP contribution in [0.3, 0.4) is 0 Å². The fourth-order valence-electron chi connectivity index (χ4n) is 1.85. The van der Waals surface area contributed by atoms with Crippen molar-refractivity contribution in [1.29, 1.82) is 5.26 Å². The van der Waals surface area contributed by atoms with Gasteiger partial charge in [0.25, 0.3) is 0 Å². The van der Waals surface area contributed by atoms with Gasteiger partial charge in [0.05, 0.1) is 0 Å². The smallest absolute Gasteiger partial charge is 0.189 e. The Labute approximate surface area is 134 Å². The van der Waals surface area contributed by atoms with Crippen LogP contribution in [-0.2, 0) is 6.61 Å². The third kappa shape index (κ3) is 3.89. The van der Waals surface area contributed by atoms with Crippen molar-refractivity contribution in [2.45, 2.75) is 32.0 Å². The third-order valence-electron chi connectivity index (χ3n) is 3.00. The second kappa shape index (κ2) is 7.66. The van der Waals surface area contributed by atoms with Crippen LogP contribution in [0.25, 0.3) is 0 Å². The van der Waals surface area contributed by atoms with Gasteiger partial charge >= 0.3 is 0 Å². The molecule has 5 nitrogen and oxygen atoms in total. The SMILES string of the molecule is CCCSc1nc(N)c(C#N)c(COc2ccccc2C)n1. The molecule has 1 heterocycles. The lowest BCUT2D eigenvalue weighted by Crippen LogP contribution is -2.08. The van der Waals surface area contributed by atoms with Crippen LogP contribution >= 0.6 is 11.8 Å². The average Bonchev–Trinajstić information content (AvgIpc) is 2.52. The molecule has 0 bridgehead atoms. The second-order valence-electron chi connectivity index (χ2n) is 4.73. The summed E-state index contributed by atoms with van der Waals surface area (Å²) in [6.45, 7) is 4.25. The highest BCUT2D eigenvalue weighted by Crippen LogP contribution is 2.22. The Hall–Kier alpha value is -2.26. The van der Waals surface area contributed by atoms with Crippen molar-refractivity contribution < 1.29 is 4.74 Å². The lowest BCUT2D eigenvalue weighted by molar-refractivity contribution is 0.297. The molecule has 0 fully saturated rings. The molecular formula is C16H18N4OS. The highest BCUT2D eigenvalue weighted by Gasteiger charge is 2.13. The molecule has 1 aromatic heterocycles. The van der Waals surface area contributed by atoms with E-state index in [0.29, 0.717) is 10.9 Å². The van der Waals surface area contributed by atoms with Crippen LogP contribution in [0.15, 0.2) is 29.4 Å². The summed E-state index contributed by atoms with van der Waals surface area (Å²) in [5.74, 6) is 1.88. The van der Waals surface area contributed by atoms with E-state index in [9.17, 15) is 5.26 Å². The van der Waals surface area contributed by atoms with Crippen molar-refractivity contribution in [2.24, 2.45) is 0 Å². The van der Waals surface area contributed by atoms with E-state index >= 15 is 0 Å². The number of aryl methyl sites for hydroxylation is 1. The molecule has 0 aliphatic carbocycles. The van der Waals surface area contributed by atoms with Gasteiger partial charge in [-0.25, -0.2) is 9.97 Å². The van der Waals surface area contributed by atoms with Crippen LogP contribution in [0.2, 0.25) is 0 Å². The average molecular weight is 314 g/mol. The van der Waals surface area contributed by atoms with E-state index in [-0.39, 0.29) is 18.0 Å². The summed E-state index contributed by atoms with van der Waals surface area (Å²) in [6.07, 6.45) is 1.02. The van der Waals surface area contributed by atoms with Crippen LogP contribution in [-0.4, -0.2) is 15.7 Å².